The van der Waals surface area contributed by atoms with Crippen LogP contribution in [0.2, 0.25) is 5.02 Å². The van der Waals surface area contributed by atoms with Crippen LogP contribution in [-0.2, 0) is 10.8 Å². The molecule has 7 heteroatoms. The molecule has 1 unspecified atom stereocenters. The van der Waals surface area contributed by atoms with Crippen LogP contribution in [0.15, 0.2) is 12.3 Å². The molecule has 1 heterocycles. The maximum Gasteiger partial charge on any atom is 0.252 e. The number of hydrogen-bond donors (Lipinski definition) is 2. The third kappa shape index (κ3) is 4.70. The number of halogens is 1. The highest BCUT2D eigenvalue weighted by Gasteiger charge is 2.10. The van der Waals surface area contributed by atoms with Gasteiger partial charge < -0.3 is 11.1 Å². The smallest absolute Gasteiger partial charge is 0.252 e. The van der Waals surface area contributed by atoms with Crippen molar-refractivity contribution in [2.75, 3.05) is 24.3 Å². The Kier molecular flexibility index (Phi) is 5.37. The van der Waals surface area contributed by atoms with Crippen molar-refractivity contribution in [1.29, 1.82) is 0 Å². The zero-order valence-electron chi connectivity index (χ0n) is 9.40. The average Bonchev–Trinajstić information content (AvgIpc) is 2.27. The molecule has 0 bridgehead atoms. The fourth-order valence-electron chi connectivity index (χ4n) is 1.20. The van der Waals surface area contributed by atoms with Gasteiger partial charge in [0.25, 0.3) is 5.91 Å². The molecule has 1 atom stereocenters. The van der Waals surface area contributed by atoms with Crippen LogP contribution in [0, 0.1) is 0 Å². The number of pyridine rings is 1. The molecule has 0 aliphatic carbocycles. The maximum absolute atomic E-state index is 11.7. The van der Waals surface area contributed by atoms with Crippen LogP contribution in [0.1, 0.15) is 16.8 Å². The van der Waals surface area contributed by atoms with Crippen molar-refractivity contribution in [2.45, 2.75) is 6.42 Å². The van der Waals surface area contributed by atoms with Gasteiger partial charge in [-0.05, 0) is 12.5 Å². The highest BCUT2D eigenvalue weighted by Crippen LogP contribution is 2.16. The summed E-state index contributed by atoms with van der Waals surface area (Å²) in [5.74, 6) is 0.507. The van der Waals surface area contributed by atoms with Crippen LogP contribution >= 0.6 is 11.6 Å². The molecule has 0 saturated heterocycles. The Morgan fingerprint density at radius 2 is 2.35 bits per heavy atom. The number of anilines is 1. The number of amides is 1. The third-order valence-electron chi connectivity index (χ3n) is 2.02. The summed E-state index contributed by atoms with van der Waals surface area (Å²) < 4.78 is 10.8. The second kappa shape index (κ2) is 6.56. The van der Waals surface area contributed by atoms with E-state index in [9.17, 15) is 9.00 Å². The highest BCUT2D eigenvalue weighted by molar-refractivity contribution is 7.84. The Morgan fingerprint density at radius 3 is 3.00 bits per heavy atom. The van der Waals surface area contributed by atoms with E-state index in [1.54, 1.807) is 6.26 Å². The average molecular weight is 276 g/mol. The van der Waals surface area contributed by atoms with E-state index in [1.807, 2.05) is 0 Å². The molecule has 1 amide bonds. The lowest BCUT2D eigenvalue weighted by atomic mass is 10.2. The zero-order valence-corrected chi connectivity index (χ0v) is 11.0. The van der Waals surface area contributed by atoms with Gasteiger partial charge in [-0.3, -0.25) is 9.00 Å². The first kappa shape index (κ1) is 13.9. The molecule has 0 radical (unpaired) electrons. The van der Waals surface area contributed by atoms with Crippen molar-refractivity contribution in [3.63, 3.8) is 0 Å². The summed E-state index contributed by atoms with van der Waals surface area (Å²) in [6.45, 7) is 0.455. The van der Waals surface area contributed by atoms with E-state index in [0.29, 0.717) is 24.3 Å². The molecular formula is C10H14ClN3O2S. The summed E-state index contributed by atoms with van der Waals surface area (Å²) in [5.41, 5.74) is 5.77. The van der Waals surface area contributed by atoms with Crippen LogP contribution in [-0.4, -0.2) is 33.7 Å². The first-order valence-electron chi connectivity index (χ1n) is 5.00. The van der Waals surface area contributed by atoms with Crippen LogP contribution in [0.3, 0.4) is 0 Å². The number of nitrogens with one attached hydrogen (secondary N) is 1. The number of nitrogen functional groups attached to an aromatic ring is 1. The van der Waals surface area contributed by atoms with Gasteiger partial charge in [-0.2, -0.15) is 0 Å². The second-order valence-corrected chi connectivity index (χ2v) is 5.44. The maximum atomic E-state index is 11.7. The predicted molar refractivity (Wildman–Crippen MR) is 69.5 cm³/mol. The largest absolute Gasteiger partial charge is 0.384 e. The quantitative estimate of drug-likeness (QED) is 0.779. The van der Waals surface area contributed by atoms with E-state index in [2.05, 4.69) is 10.3 Å². The SMILES string of the molecule is CS(=O)CCCNC(=O)c1cc(N)ncc1Cl. The van der Waals surface area contributed by atoms with Crippen molar-refractivity contribution in [1.82, 2.24) is 10.3 Å². The number of rotatable bonds is 5. The minimum atomic E-state index is -0.840. The molecular weight excluding hydrogens is 262 g/mol. The van der Waals surface area contributed by atoms with Gasteiger partial charge in [0.1, 0.15) is 5.82 Å². The summed E-state index contributed by atoms with van der Waals surface area (Å²) in [6.07, 6.45) is 3.63. The Balaban J connectivity index is 2.52. The van der Waals surface area contributed by atoms with Crippen LogP contribution in [0.25, 0.3) is 0 Å². The molecule has 1 rings (SSSR count). The van der Waals surface area contributed by atoms with Gasteiger partial charge in [-0.1, -0.05) is 11.6 Å². The summed E-state index contributed by atoms with van der Waals surface area (Å²) in [5, 5.41) is 2.94. The highest BCUT2D eigenvalue weighted by atomic mass is 35.5. The molecule has 0 saturated carbocycles. The Labute approximate surface area is 107 Å². The lowest BCUT2D eigenvalue weighted by Crippen LogP contribution is -2.25. The third-order valence-corrected chi connectivity index (χ3v) is 3.18. The van der Waals surface area contributed by atoms with Crippen LogP contribution in [0.5, 0.6) is 0 Å². The van der Waals surface area contributed by atoms with E-state index >= 15 is 0 Å². The number of aromatic nitrogens is 1. The molecule has 0 spiro atoms. The second-order valence-electron chi connectivity index (χ2n) is 3.48. The minimum absolute atomic E-state index is 0.245. The van der Waals surface area contributed by atoms with E-state index in [4.69, 9.17) is 17.3 Å². The van der Waals surface area contributed by atoms with Gasteiger partial charge in [0.2, 0.25) is 0 Å². The van der Waals surface area contributed by atoms with E-state index in [1.165, 1.54) is 12.3 Å². The zero-order chi connectivity index (χ0) is 12.8. The molecule has 1 aromatic heterocycles. The molecule has 5 nitrogen and oxygen atoms in total. The van der Waals surface area contributed by atoms with Gasteiger partial charge in [0, 0.05) is 35.5 Å². The number of carbonyl (C=O) groups is 1. The van der Waals surface area contributed by atoms with E-state index in [-0.39, 0.29) is 16.7 Å². The number of hydrogen-bond acceptors (Lipinski definition) is 4. The van der Waals surface area contributed by atoms with E-state index in [0.717, 1.165) is 0 Å². The molecule has 0 fully saturated rings. The van der Waals surface area contributed by atoms with Gasteiger partial charge in [-0.15, -0.1) is 0 Å². The standard InChI is InChI=1S/C10H14ClN3O2S/c1-17(16)4-2-3-13-10(15)7-5-9(12)14-6-8(7)11/h5-6H,2-4H2,1H3,(H2,12,14)(H,13,15). The van der Waals surface area contributed by atoms with Gasteiger partial charge in [0.15, 0.2) is 0 Å². The number of carbonyl (C=O) groups excluding carboxylic acids is 1. The van der Waals surface area contributed by atoms with Gasteiger partial charge >= 0.3 is 0 Å². The predicted octanol–water partition coefficient (Wildman–Crippen LogP) is 0.816. The summed E-state index contributed by atoms with van der Waals surface area (Å²) >= 11 is 5.83. The van der Waals surface area contributed by atoms with Crippen LogP contribution in [0.4, 0.5) is 5.82 Å². The summed E-state index contributed by atoms with van der Waals surface area (Å²) in [4.78, 5) is 15.5. The monoisotopic (exact) mass is 275 g/mol. The van der Waals surface area contributed by atoms with Crippen molar-refractivity contribution in [3.8, 4) is 0 Å². The van der Waals surface area contributed by atoms with E-state index < -0.39 is 10.8 Å². The molecule has 0 aliphatic rings. The fraction of sp³-hybridized carbons (Fsp3) is 0.400. The Morgan fingerprint density at radius 1 is 1.65 bits per heavy atom. The fourth-order valence-corrected chi connectivity index (χ4v) is 1.94. The Bertz CT molecular complexity index is 440. The first-order chi connectivity index (χ1) is 8.00. The number of nitrogens with zero attached hydrogens (tertiary/aromatic N) is 1. The van der Waals surface area contributed by atoms with Crippen LogP contribution < -0.4 is 11.1 Å². The molecule has 94 valence electrons. The van der Waals surface area contributed by atoms with Gasteiger partial charge in [0.05, 0.1) is 10.6 Å². The molecule has 0 aromatic carbocycles. The molecule has 1 aromatic rings. The van der Waals surface area contributed by atoms with Gasteiger partial charge in [-0.25, -0.2) is 4.98 Å². The first-order valence-corrected chi connectivity index (χ1v) is 7.10. The molecule has 17 heavy (non-hydrogen) atoms. The number of nitrogens with two attached hydrogens (primary N) is 1. The lowest BCUT2D eigenvalue weighted by molar-refractivity contribution is 0.0954. The van der Waals surface area contributed by atoms with Crippen molar-refractivity contribution >= 4 is 34.1 Å². The Hall–Kier alpha value is -1.14. The minimum Gasteiger partial charge on any atom is -0.384 e. The van der Waals surface area contributed by atoms with Crippen molar-refractivity contribution < 1.29 is 9.00 Å². The lowest BCUT2D eigenvalue weighted by Gasteiger charge is -2.06. The van der Waals surface area contributed by atoms with Crippen molar-refractivity contribution in [3.05, 3.63) is 22.8 Å². The summed E-state index contributed by atoms with van der Waals surface area (Å²) in [6, 6.07) is 1.43. The normalized spacial score (nSPS) is 12.1. The topological polar surface area (TPSA) is 85.1 Å². The molecule has 0 aliphatic heterocycles. The van der Waals surface area contributed by atoms with Crippen molar-refractivity contribution in [2.24, 2.45) is 0 Å². The summed E-state index contributed by atoms with van der Waals surface area (Å²) in [7, 11) is -0.840. The molecule has 3 N–H and O–H groups in total.